The smallest absolute Gasteiger partial charge is 0.251 e. The molecule has 0 radical (unpaired) electrons. The first-order valence-electron chi connectivity index (χ1n) is 14.6. The number of hydrogen-bond acceptors (Lipinski definition) is 6. The molecule has 2 atom stereocenters. The van der Waals surface area contributed by atoms with Gasteiger partial charge in [0.2, 0.25) is 5.91 Å². The molecule has 4 aromatic rings. The molecule has 0 saturated carbocycles. The Morgan fingerprint density at radius 3 is 2.24 bits per heavy atom. The SMILES string of the molecule is CC(Cc1cccc(CC(=O)NCc2ccc(C(=O)NCc3ccc(Cl)c(Cl)c3)cc2)c1)NC[C@H](O)c1ccc(O)c(CO)c1. The van der Waals surface area contributed by atoms with E-state index >= 15 is 0 Å². The molecule has 0 aliphatic rings. The lowest BCUT2D eigenvalue weighted by Crippen LogP contribution is -2.32. The van der Waals surface area contributed by atoms with Gasteiger partial charge in [0.1, 0.15) is 5.75 Å². The predicted molar refractivity (Wildman–Crippen MR) is 176 cm³/mol. The van der Waals surface area contributed by atoms with Gasteiger partial charge in [-0.15, -0.1) is 0 Å². The van der Waals surface area contributed by atoms with Gasteiger partial charge in [-0.05, 0) is 77.6 Å². The molecule has 45 heavy (non-hydrogen) atoms. The van der Waals surface area contributed by atoms with Gasteiger partial charge in [-0.25, -0.2) is 0 Å². The molecule has 0 saturated heterocycles. The summed E-state index contributed by atoms with van der Waals surface area (Å²) in [6.07, 6.45) is 0.145. The summed E-state index contributed by atoms with van der Waals surface area (Å²) in [5.74, 6) is -0.329. The van der Waals surface area contributed by atoms with Gasteiger partial charge < -0.3 is 31.3 Å². The highest BCUT2D eigenvalue weighted by atomic mass is 35.5. The number of aliphatic hydroxyl groups is 2. The normalized spacial score (nSPS) is 12.4. The molecule has 236 valence electrons. The van der Waals surface area contributed by atoms with Crippen molar-refractivity contribution >= 4 is 35.0 Å². The van der Waals surface area contributed by atoms with E-state index in [0.29, 0.717) is 52.8 Å². The van der Waals surface area contributed by atoms with E-state index in [9.17, 15) is 24.9 Å². The van der Waals surface area contributed by atoms with E-state index < -0.39 is 6.10 Å². The van der Waals surface area contributed by atoms with Crippen LogP contribution in [0.1, 0.15) is 56.8 Å². The number of hydrogen-bond donors (Lipinski definition) is 6. The second-order valence-electron chi connectivity index (χ2n) is 11.0. The summed E-state index contributed by atoms with van der Waals surface area (Å²) in [5, 5.41) is 39.6. The first-order chi connectivity index (χ1) is 21.6. The maximum Gasteiger partial charge on any atom is 0.251 e. The minimum atomic E-state index is -0.790. The van der Waals surface area contributed by atoms with E-state index in [1.165, 1.54) is 6.07 Å². The Morgan fingerprint density at radius 2 is 1.51 bits per heavy atom. The van der Waals surface area contributed by atoms with Crippen molar-refractivity contribution in [1.82, 2.24) is 16.0 Å². The highest BCUT2D eigenvalue weighted by molar-refractivity contribution is 6.42. The number of carbonyl (C=O) groups excluding carboxylic acids is 2. The number of phenols is 1. The Hall–Kier alpha value is -3.92. The Labute approximate surface area is 273 Å². The molecule has 10 heteroatoms. The van der Waals surface area contributed by atoms with Gasteiger partial charge in [-0.2, -0.15) is 0 Å². The van der Waals surface area contributed by atoms with E-state index in [1.807, 2.05) is 43.3 Å². The Balaban J connectivity index is 1.20. The van der Waals surface area contributed by atoms with Gasteiger partial charge in [-0.3, -0.25) is 9.59 Å². The molecule has 0 bridgehead atoms. The lowest BCUT2D eigenvalue weighted by atomic mass is 10.0. The molecule has 0 aromatic heterocycles. The van der Waals surface area contributed by atoms with Crippen LogP contribution in [-0.2, 0) is 37.3 Å². The van der Waals surface area contributed by atoms with E-state index in [0.717, 1.165) is 22.3 Å². The van der Waals surface area contributed by atoms with Crippen molar-refractivity contribution in [3.05, 3.63) is 134 Å². The lowest BCUT2D eigenvalue weighted by molar-refractivity contribution is -0.120. The van der Waals surface area contributed by atoms with Crippen LogP contribution in [0.15, 0.2) is 84.9 Å². The molecule has 6 N–H and O–H groups in total. The molecule has 0 aliphatic carbocycles. The third-order valence-corrected chi connectivity index (χ3v) is 8.10. The third kappa shape index (κ3) is 10.3. The average molecular weight is 651 g/mol. The van der Waals surface area contributed by atoms with Crippen molar-refractivity contribution < 1.29 is 24.9 Å². The number of benzene rings is 4. The Morgan fingerprint density at radius 1 is 0.800 bits per heavy atom. The summed E-state index contributed by atoms with van der Waals surface area (Å²) >= 11 is 12.0. The summed E-state index contributed by atoms with van der Waals surface area (Å²) in [6.45, 7) is 2.69. The van der Waals surface area contributed by atoms with Crippen LogP contribution in [0.25, 0.3) is 0 Å². The zero-order valence-corrected chi connectivity index (χ0v) is 26.4. The molecule has 4 rings (SSSR count). The topological polar surface area (TPSA) is 131 Å². The third-order valence-electron chi connectivity index (χ3n) is 7.36. The second-order valence-corrected chi connectivity index (χ2v) is 11.8. The summed E-state index contributed by atoms with van der Waals surface area (Å²) in [5.41, 5.74) is 5.17. The first-order valence-corrected chi connectivity index (χ1v) is 15.4. The van der Waals surface area contributed by atoms with Crippen LogP contribution in [0.2, 0.25) is 10.0 Å². The number of nitrogens with one attached hydrogen (secondary N) is 3. The van der Waals surface area contributed by atoms with Crippen LogP contribution in [-0.4, -0.2) is 39.7 Å². The second kappa shape index (κ2) is 16.4. The number of rotatable bonds is 14. The van der Waals surface area contributed by atoms with Crippen LogP contribution < -0.4 is 16.0 Å². The minimum Gasteiger partial charge on any atom is -0.508 e. The maximum absolute atomic E-state index is 12.7. The van der Waals surface area contributed by atoms with E-state index in [-0.39, 0.29) is 36.6 Å². The summed E-state index contributed by atoms with van der Waals surface area (Å²) in [4.78, 5) is 25.2. The molecular weight excluding hydrogens is 613 g/mol. The molecule has 1 unspecified atom stereocenters. The molecule has 0 aliphatic heterocycles. The van der Waals surface area contributed by atoms with E-state index in [4.69, 9.17) is 23.2 Å². The predicted octanol–water partition coefficient (Wildman–Crippen LogP) is 5.23. The van der Waals surface area contributed by atoms with Crippen molar-refractivity contribution in [2.75, 3.05) is 6.54 Å². The molecule has 8 nitrogen and oxygen atoms in total. The van der Waals surface area contributed by atoms with Gasteiger partial charge in [0.25, 0.3) is 5.91 Å². The fraction of sp³-hybridized carbons (Fsp3) is 0.257. The number of aliphatic hydroxyl groups excluding tert-OH is 2. The van der Waals surface area contributed by atoms with Crippen molar-refractivity contribution in [2.45, 2.75) is 51.6 Å². The molecule has 0 heterocycles. The largest absolute Gasteiger partial charge is 0.508 e. The van der Waals surface area contributed by atoms with Gasteiger partial charge >= 0.3 is 0 Å². The number of carbonyl (C=O) groups is 2. The first kappa shape index (κ1) is 34.0. The standard InChI is InChI=1S/C35H37Cl2N3O5/c1-22(38-20-33(43)28-10-12-32(42)29(17-28)21-41)13-24-3-2-4-25(14-24)16-34(44)39-18-23-5-8-27(9-6-23)35(45)40-19-26-7-11-30(36)31(37)15-26/h2-12,14-15,17,22,33,38,41-43H,13,16,18-21H2,1H3,(H,39,44)(H,40,45)/t22?,33-/m0/s1. The minimum absolute atomic E-state index is 0.00258. The van der Waals surface area contributed by atoms with E-state index in [1.54, 1.807) is 42.5 Å². The molecular formula is C35H37Cl2N3O5. The molecule has 0 spiro atoms. The van der Waals surface area contributed by atoms with Gasteiger partial charge in [0, 0.05) is 36.8 Å². The van der Waals surface area contributed by atoms with Crippen molar-refractivity contribution in [1.29, 1.82) is 0 Å². The molecule has 0 fully saturated rings. The maximum atomic E-state index is 12.7. The number of amides is 2. The number of aromatic hydroxyl groups is 1. The lowest BCUT2D eigenvalue weighted by Gasteiger charge is -2.18. The number of halogens is 2. The Kier molecular flexibility index (Phi) is 12.4. The average Bonchev–Trinajstić information content (AvgIpc) is 3.03. The fourth-order valence-corrected chi connectivity index (χ4v) is 5.14. The highest BCUT2D eigenvalue weighted by Crippen LogP contribution is 2.23. The molecule has 4 aromatic carbocycles. The van der Waals surface area contributed by atoms with Crippen LogP contribution in [0.3, 0.4) is 0 Å². The monoisotopic (exact) mass is 649 g/mol. The van der Waals surface area contributed by atoms with Crippen molar-refractivity contribution in [2.24, 2.45) is 0 Å². The van der Waals surface area contributed by atoms with Gasteiger partial charge in [-0.1, -0.05) is 71.7 Å². The quantitative estimate of drug-likeness (QED) is 0.111. The van der Waals surface area contributed by atoms with Gasteiger partial charge in [0.15, 0.2) is 0 Å². The van der Waals surface area contributed by atoms with Gasteiger partial charge in [0.05, 0.1) is 29.2 Å². The van der Waals surface area contributed by atoms with E-state index in [2.05, 4.69) is 16.0 Å². The zero-order valence-electron chi connectivity index (χ0n) is 24.9. The summed E-state index contributed by atoms with van der Waals surface area (Å²) in [7, 11) is 0. The summed E-state index contributed by atoms with van der Waals surface area (Å²) < 4.78 is 0. The van der Waals surface area contributed by atoms with Crippen LogP contribution in [0.4, 0.5) is 0 Å². The van der Waals surface area contributed by atoms with Crippen LogP contribution in [0, 0.1) is 0 Å². The van der Waals surface area contributed by atoms with Crippen molar-refractivity contribution in [3.63, 3.8) is 0 Å². The zero-order chi connectivity index (χ0) is 32.3. The van der Waals surface area contributed by atoms with Crippen LogP contribution in [0.5, 0.6) is 5.75 Å². The highest BCUT2D eigenvalue weighted by Gasteiger charge is 2.13. The Bertz CT molecular complexity index is 1610. The fourth-order valence-electron chi connectivity index (χ4n) is 4.82. The summed E-state index contributed by atoms with van der Waals surface area (Å²) in [6, 6.07) is 24.9. The molecule has 2 amide bonds. The van der Waals surface area contributed by atoms with Crippen molar-refractivity contribution in [3.8, 4) is 5.75 Å². The van der Waals surface area contributed by atoms with Crippen LogP contribution >= 0.6 is 23.2 Å².